The molecule has 0 bridgehead atoms. The second-order valence-corrected chi connectivity index (χ2v) is 7.63. The molecule has 6 heteroatoms. The zero-order valence-corrected chi connectivity index (χ0v) is 12.8. The minimum Gasteiger partial charge on any atom is -0.324 e. The molecule has 0 aromatic carbocycles. The lowest BCUT2D eigenvalue weighted by Gasteiger charge is -2.26. The number of nitrogens with two attached hydrogens (primary N) is 1. The Kier molecular flexibility index (Phi) is 5.33. The van der Waals surface area contributed by atoms with E-state index in [1.165, 1.54) is 11.3 Å². The van der Waals surface area contributed by atoms with E-state index in [2.05, 4.69) is 4.72 Å². The van der Waals surface area contributed by atoms with Crippen molar-refractivity contribution < 1.29 is 8.42 Å². The Bertz CT molecular complexity index is 476. The van der Waals surface area contributed by atoms with Crippen LogP contribution in [0.25, 0.3) is 0 Å². The first-order chi connectivity index (χ1) is 8.37. The molecule has 0 amide bonds. The van der Waals surface area contributed by atoms with Crippen LogP contribution in [0.3, 0.4) is 0 Å². The minimum atomic E-state index is -3.41. The highest BCUT2D eigenvalue weighted by Gasteiger charge is 2.24. The molecule has 0 radical (unpaired) electrons. The summed E-state index contributed by atoms with van der Waals surface area (Å²) >= 11 is 1.31. The van der Waals surface area contributed by atoms with Gasteiger partial charge in [-0.3, -0.25) is 0 Å². The Morgan fingerprint density at radius 2 is 1.89 bits per heavy atom. The van der Waals surface area contributed by atoms with E-state index in [1.807, 2.05) is 26.8 Å². The van der Waals surface area contributed by atoms with E-state index in [-0.39, 0.29) is 6.54 Å². The van der Waals surface area contributed by atoms with Gasteiger partial charge in [-0.1, -0.05) is 20.8 Å². The number of nitrogens with one attached hydrogen (secondary N) is 1. The predicted octanol–water partition coefficient (Wildman–Crippen LogP) is 2.11. The molecule has 0 spiro atoms. The Morgan fingerprint density at radius 3 is 2.33 bits per heavy atom. The van der Waals surface area contributed by atoms with E-state index in [1.54, 1.807) is 6.07 Å². The maximum Gasteiger partial charge on any atom is 0.250 e. The van der Waals surface area contributed by atoms with Gasteiger partial charge in [-0.05, 0) is 31.4 Å². The van der Waals surface area contributed by atoms with E-state index in [4.69, 9.17) is 5.73 Å². The van der Waals surface area contributed by atoms with E-state index >= 15 is 0 Å². The van der Waals surface area contributed by atoms with Gasteiger partial charge in [0.1, 0.15) is 4.21 Å². The molecule has 1 rings (SSSR count). The Balaban J connectivity index is 2.77. The average Bonchev–Trinajstić information content (AvgIpc) is 2.85. The maximum atomic E-state index is 12.1. The highest BCUT2D eigenvalue weighted by atomic mass is 32.2. The normalized spacial score (nSPS) is 12.9. The quantitative estimate of drug-likeness (QED) is 0.808. The average molecular weight is 290 g/mol. The van der Waals surface area contributed by atoms with Crippen molar-refractivity contribution in [2.24, 2.45) is 5.73 Å². The third-order valence-electron chi connectivity index (χ3n) is 3.27. The van der Waals surface area contributed by atoms with Crippen LogP contribution in [-0.2, 0) is 16.4 Å². The lowest BCUT2D eigenvalue weighted by atomic mass is 9.95. The number of sulfonamides is 1. The first-order valence-corrected chi connectivity index (χ1v) is 8.54. The summed E-state index contributed by atoms with van der Waals surface area (Å²) in [6.45, 7) is 6.23. The highest BCUT2D eigenvalue weighted by molar-refractivity contribution is 7.91. The molecule has 0 saturated heterocycles. The van der Waals surface area contributed by atoms with Crippen LogP contribution in [-0.4, -0.2) is 20.5 Å². The fraction of sp³-hybridized carbons (Fsp3) is 0.667. The van der Waals surface area contributed by atoms with Crippen molar-refractivity contribution in [2.45, 2.75) is 49.8 Å². The zero-order valence-electron chi connectivity index (χ0n) is 11.2. The molecule has 104 valence electrons. The largest absolute Gasteiger partial charge is 0.324 e. The molecule has 1 aromatic heterocycles. The monoisotopic (exact) mass is 290 g/mol. The number of aryl methyl sites for hydroxylation is 1. The standard InChI is InChI=1S/C12H22N2O2S2/c1-4-10-7-8-11(17-10)18(15,16)14-9-12(13,5-2)6-3/h7-8,14H,4-6,9,13H2,1-3H3. The SMILES string of the molecule is CCc1ccc(S(=O)(=O)NCC(N)(CC)CC)s1. The van der Waals surface area contributed by atoms with E-state index < -0.39 is 15.6 Å². The third-order valence-corrected chi connectivity index (χ3v) is 6.40. The fourth-order valence-corrected chi connectivity index (χ4v) is 3.98. The number of rotatable bonds is 7. The minimum absolute atomic E-state index is 0.279. The first-order valence-electron chi connectivity index (χ1n) is 6.24. The Labute approximate surface area is 114 Å². The van der Waals surface area contributed by atoms with E-state index in [0.29, 0.717) is 4.21 Å². The number of thiophene rings is 1. The second-order valence-electron chi connectivity index (χ2n) is 4.47. The molecule has 0 aliphatic heterocycles. The van der Waals surface area contributed by atoms with Gasteiger partial charge >= 0.3 is 0 Å². The molecule has 18 heavy (non-hydrogen) atoms. The molecular weight excluding hydrogens is 268 g/mol. The van der Waals surface area contributed by atoms with Crippen molar-refractivity contribution in [2.75, 3.05) is 6.54 Å². The summed E-state index contributed by atoms with van der Waals surface area (Å²) in [5.74, 6) is 0. The fourth-order valence-electron chi connectivity index (χ4n) is 1.50. The van der Waals surface area contributed by atoms with Crippen molar-refractivity contribution in [1.82, 2.24) is 4.72 Å². The topological polar surface area (TPSA) is 72.2 Å². The van der Waals surface area contributed by atoms with Crippen LogP contribution in [0.5, 0.6) is 0 Å². The summed E-state index contributed by atoms with van der Waals surface area (Å²) in [6, 6.07) is 3.51. The summed E-state index contributed by atoms with van der Waals surface area (Å²) in [4.78, 5) is 1.07. The molecular formula is C12H22N2O2S2. The van der Waals surface area contributed by atoms with Gasteiger partial charge in [0.25, 0.3) is 0 Å². The van der Waals surface area contributed by atoms with Gasteiger partial charge in [0.05, 0.1) is 0 Å². The van der Waals surface area contributed by atoms with Crippen LogP contribution in [0, 0.1) is 0 Å². The predicted molar refractivity (Wildman–Crippen MR) is 76.4 cm³/mol. The van der Waals surface area contributed by atoms with Crippen molar-refractivity contribution in [1.29, 1.82) is 0 Å². The van der Waals surface area contributed by atoms with Gasteiger partial charge < -0.3 is 5.73 Å². The molecule has 0 unspecified atom stereocenters. The van der Waals surface area contributed by atoms with Crippen molar-refractivity contribution in [3.8, 4) is 0 Å². The number of hydrogen-bond donors (Lipinski definition) is 2. The summed E-state index contributed by atoms with van der Waals surface area (Å²) < 4.78 is 27.1. The van der Waals surface area contributed by atoms with Gasteiger partial charge in [0, 0.05) is 17.0 Å². The molecule has 0 atom stereocenters. The first kappa shape index (κ1) is 15.6. The van der Waals surface area contributed by atoms with Gasteiger partial charge in [0.2, 0.25) is 10.0 Å². The molecule has 0 fully saturated rings. The Hall–Kier alpha value is -0.430. The molecule has 3 N–H and O–H groups in total. The molecule has 1 aromatic rings. The van der Waals surface area contributed by atoms with Gasteiger partial charge in [0.15, 0.2) is 0 Å². The van der Waals surface area contributed by atoms with Crippen LogP contribution >= 0.6 is 11.3 Å². The van der Waals surface area contributed by atoms with Crippen molar-refractivity contribution in [3.05, 3.63) is 17.0 Å². The van der Waals surface area contributed by atoms with Crippen molar-refractivity contribution >= 4 is 21.4 Å². The van der Waals surface area contributed by atoms with E-state index in [9.17, 15) is 8.42 Å². The smallest absolute Gasteiger partial charge is 0.250 e. The van der Waals surface area contributed by atoms with Crippen LogP contribution in [0.2, 0.25) is 0 Å². The zero-order chi connectivity index (χ0) is 13.8. The van der Waals surface area contributed by atoms with Crippen LogP contribution in [0.4, 0.5) is 0 Å². The summed E-state index contributed by atoms with van der Waals surface area (Å²) in [6.07, 6.45) is 2.35. The highest BCUT2D eigenvalue weighted by Crippen LogP contribution is 2.22. The maximum absolute atomic E-state index is 12.1. The van der Waals surface area contributed by atoms with Gasteiger partial charge in [-0.2, -0.15) is 0 Å². The molecule has 0 aliphatic rings. The molecule has 1 heterocycles. The molecule has 0 aliphatic carbocycles. The summed E-state index contributed by atoms with van der Waals surface area (Å²) in [5.41, 5.74) is 5.63. The lowest BCUT2D eigenvalue weighted by molar-refractivity contribution is 0.392. The van der Waals surface area contributed by atoms with Gasteiger partial charge in [-0.15, -0.1) is 11.3 Å². The molecule has 4 nitrogen and oxygen atoms in total. The summed E-state index contributed by atoms with van der Waals surface area (Å²) in [5, 5.41) is 0. The molecule has 0 saturated carbocycles. The Morgan fingerprint density at radius 1 is 1.28 bits per heavy atom. The third kappa shape index (κ3) is 3.78. The van der Waals surface area contributed by atoms with Crippen LogP contribution in [0.15, 0.2) is 16.3 Å². The number of hydrogen-bond acceptors (Lipinski definition) is 4. The summed E-state index contributed by atoms with van der Waals surface area (Å²) in [7, 11) is -3.41. The second kappa shape index (κ2) is 6.14. The van der Waals surface area contributed by atoms with Crippen molar-refractivity contribution in [3.63, 3.8) is 0 Å². The lowest BCUT2D eigenvalue weighted by Crippen LogP contribution is -2.49. The van der Waals surface area contributed by atoms with Crippen LogP contribution < -0.4 is 10.5 Å². The van der Waals surface area contributed by atoms with Crippen LogP contribution in [0.1, 0.15) is 38.5 Å². The van der Waals surface area contributed by atoms with E-state index in [0.717, 1.165) is 24.1 Å². The van der Waals surface area contributed by atoms with Gasteiger partial charge in [-0.25, -0.2) is 13.1 Å².